The topological polar surface area (TPSA) is 86.6 Å². The molecule has 18 heavy (non-hydrogen) atoms. The maximum atomic E-state index is 13.4. The molecule has 0 fully saturated rings. The van der Waals surface area contributed by atoms with Crippen LogP contribution in [0.1, 0.15) is 30.6 Å². The van der Waals surface area contributed by atoms with E-state index in [-0.39, 0.29) is 17.7 Å². The number of aliphatic carboxylic acids is 1. The molecule has 1 aromatic carbocycles. The van der Waals surface area contributed by atoms with Crippen molar-refractivity contribution in [1.29, 1.82) is 0 Å². The monoisotopic (exact) mass is 255 g/mol. The fourth-order valence-corrected chi connectivity index (χ4v) is 1.49. The number of carbonyl (C=O) groups is 2. The van der Waals surface area contributed by atoms with E-state index in [1.165, 1.54) is 19.9 Å². The molecule has 1 amide bonds. The van der Waals surface area contributed by atoms with Crippen molar-refractivity contribution in [2.75, 3.05) is 0 Å². The molecule has 0 atom stereocenters. The van der Waals surface area contributed by atoms with Gasteiger partial charge in [0, 0.05) is 11.6 Å². The number of benzene rings is 1. The first kappa shape index (κ1) is 14.0. The maximum absolute atomic E-state index is 13.4. The van der Waals surface area contributed by atoms with Crippen LogP contribution in [0.2, 0.25) is 0 Å². The molecule has 0 aromatic heterocycles. The van der Waals surface area contributed by atoms with Gasteiger partial charge in [0.25, 0.3) is 5.91 Å². The number of rotatable bonds is 4. The Kier molecular flexibility index (Phi) is 3.90. The molecule has 1 aromatic rings. The number of hydrogen-bond acceptors (Lipinski definition) is 3. The van der Waals surface area contributed by atoms with Gasteiger partial charge in [-0.15, -0.1) is 0 Å². The summed E-state index contributed by atoms with van der Waals surface area (Å²) in [5.74, 6) is -2.93. The number of carbonyl (C=O) groups excluding carboxylic acids is 1. The Morgan fingerprint density at radius 3 is 2.50 bits per heavy atom. The highest BCUT2D eigenvalue weighted by molar-refractivity contribution is 5.95. The molecule has 0 spiro atoms. The summed E-state index contributed by atoms with van der Waals surface area (Å²) in [7, 11) is 0. The molecule has 6 heteroatoms. The van der Waals surface area contributed by atoms with E-state index < -0.39 is 23.2 Å². The zero-order chi connectivity index (χ0) is 13.9. The molecule has 0 heterocycles. The molecule has 1 rings (SSSR count). The Hall–Kier alpha value is -2.11. The third kappa shape index (κ3) is 3.73. The smallest absolute Gasteiger partial charge is 0.305 e. The number of aromatic hydroxyl groups is 1. The Labute approximate surface area is 103 Å². The summed E-state index contributed by atoms with van der Waals surface area (Å²) in [6.45, 7) is 3.05. The van der Waals surface area contributed by atoms with Crippen LogP contribution >= 0.6 is 0 Å². The third-order valence-electron chi connectivity index (χ3n) is 2.24. The van der Waals surface area contributed by atoms with Crippen molar-refractivity contribution in [2.24, 2.45) is 0 Å². The van der Waals surface area contributed by atoms with Gasteiger partial charge in [0.2, 0.25) is 0 Å². The van der Waals surface area contributed by atoms with Gasteiger partial charge in [-0.05, 0) is 26.0 Å². The number of nitrogens with one attached hydrogen (secondary N) is 1. The lowest BCUT2D eigenvalue weighted by atomic mass is 10.00. The van der Waals surface area contributed by atoms with E-state index in [1.807, 2.05) is 0 Å². The first-order valence-electron chi connectivity index (χ1n) is 5.24. The van der Waals surface area contributed by atoms with Crippen LogP contribution < -0.4 is 5.32 Å². The van der Waals surface area contributed by atoms with Gasteiger partial charge in [0.05, 0.1) is 12.0 Å². The van der Waals surface area contributed by atoms with Crippen molar-refractivity contribution in [3.8, 4) is 5.75 Å². The number of carboxylic acid groups (broad SMARTS) is 1. The summed E-state index contributed by atoms with van der Waals surface area (Å²) in [5.41, 5.74) is -1.24. The molecule has 0 radical (unpaired) electrons. The summed E-state index contributed by atoms with van der Waals surface area (Å²) in [4.78, 5) is 22.3. The van der Waals surface area contributed by atoms with E-state index in [2.05, 4.69) is 5.32 Å². The first-order chi connectivity index (χ1) is 8.21. The summed E-state index contributed by atoms with van der Waals surface area (Å²) < 4.78 is 13.4. The average molecular weight is 255 g/mol. The number of carboxylic acids is 1. The minimum absolute atomic E-state index is 0.244. The SMILES string of the molecule is CC(C)(CC(=O)O)NC(=O)c1ccc(O)cc1F. The zero-order valence-electron chi connectivity index (χ0n) is 10.0. The maximum Gasteiger partial charge on any atom is 0.305 e. The van der Waals surface area contributed by atoms with Crippen LogP contribution in [0, 0.1) is 5.82 Å². The second-order valence-corrected chi connectivity index (χ2v) is 4.57. The number of halogens is 1. The standard InChI is InChI=1S/C12H14FNO4/c1-12(2,6-10(16)17)14-11(18)8-4-3-7(15)5-9(8)13/h3-5,15H,6H2,1-2H3,(H,14,18)(H,16,17). The highest BCUT2D eigenvalue weighted by atomic mass is 19.1. The van der Waals surface area contributed by atoms with Crippen LogP contribution in [0.3, 0.4) is 0 Å². The molecule has 0 saturated carbocycles. The molecule has 0 unspecified atom stereocenters. The van der Waals surface area contributed by atoms with Crippen molar-refractivity contribution >= 4 is 11.9 Å². The first-order valence-corrected chi connectivity index (χ1v) is 5.24. The third-order valence-corrected chi connectivity index (χ3v) is 2.24. The number of amides is 1. The average Bonchev–Trinajstić information content (AvgIpc) is 2.13. The molecular weight excluding hydrogens is 241 g/mol. The van der Waals surface area contributed by atoms with Gasteiger partial charge in [0.1, 0.15) is 11.6 Å². The van der Waals surface area contributed by atoms with E-state index in [0.717, 1.165) is 12.1 Å². The summed E-state index contributed by atoms with van der Waals surface area (Å²) in [6, 6.07) is 3.14. The Morgan fingerprint density at radius 1 is 1.39 bits per heavy atom. The molecule has 0 saturated heterocycles. The minimum atomic E-state index is -1.06. The zero-order valence-corrected chi connectivity index (χ0v) is 10.0. The molecule has 3 N–H and O–H groups in total. The summed E-state index contributed by atoms with van der Waals surface area (Å²) >= 11 is 0. The number of hydrogen-bond donors (Lipinski definition) is 3. The van der Waals surface area contributed by atoms with Gasteiger partial charge >= 0.3 is 5.97 Å². The highest BCUT2D eigenvalue weighted by Crippen LogP contribution is 2.16. The van der Waals surface area contributed by atoms with Crippen LogP contribution in [-0.2, 0) is 4.79 Å². The highest BCUT2D eigenvalue weighted by Gasteiger charge is 2.25. The summed E-state index contributed by atoms with van der Waals surface area (Å²) in [6.07, 6.45) is -0.279. The second-order valence-electron chi connectivity index (χ2n) is 4.57. The molecule has 0 aliphatic carbocycles. The van der Waals surface area contributed by atoms with Gasteiger partial charge in [0.15, 0.2) is 0 Å². The molecule has 0 aliphatic heterocycles. The van der Waals surface area contributed by atoms with Crippen LogP contribution in [0.25, 0.3) is 0 Å². The van der Waals surface area contributed by atoms with Crippen molar-refractivity contribution in [3.05, 3.63) is 29.6 Å². The second kappa shape index (κ2) is 5.03. The van der Waals surface area contributed by atoms with Gasteiger partial charge in [-0.25, -0.2) is 4.39 Å². The molecule has 5 nitrogen and oxygen atoms in total. The van der Waals surface area contributed by atoms with Crippen LogP contribution in [0.4, 0.5) is 4.39 Å². The van der Waals surface area contributed by atoms with Crippen LogP contribution in [0.5, 0.6) is 5.75 Å². The fraction of sp³-hybridized carbons (Fsp3) is 0.333. The minimum Gasteiger partial charge on any atom is -0.508 e. The summed E-state index contributed by atoms with van der Waals surface area (Å²) in [5, 5.41) is 20.1. The van der Waals surface area contributed by atoms with Gasteiger partial charge in [-0.2, -0.15) is 0 Å². The molecule has 0 bridgehead atoms. The van der Waals surface area contributed by atoms with E-state index in [0.29, 0.717) is 0 Å². The van der Waals surface area contributed by atoms with Gasteiger partial charge in [-0.1, -0.05) is 0 Å². The largest absolute Gasteiger partial charge is 0.508 e. The van der Waals surface area contributed by atoms with Crippen molar-refractivity contribution in [1.82, 2.24) is 5.32 Å². The lowest BCUT2D eigenvalue weighted by molar-refractivity contribution is -0.138. The Morgan fingerprint density at radius 2 is 2.00 bits per heavy atom. The van der Waals surface area contributed by atoms with Crippen molar-refractivity contribution in [2.45, 2.75) is 25.8 Å². The van der Waals surface area contributed by atoms with E-state index in [9.17, 15) is 14.0 Å². The Bertz CT molecular complexity index is 485. The molecular formula is C12H14FNO4. The predicted molar refractivity (Wildman–Crippen MR) is 61.9 cm³/mol. The van der Waals surface area contributed by atoms with E-state index in [4.69, 9.17) is 10.2 Å². The van der Waals surface area contributed by atoms with Crippen LogP contribution in [0.15, 0.2) is 18.2 Å². The van der Waals surface area contributed by atoms with Crippen molar-refractivity contribution < 1.29 is 24.2 Å². The molecule has 0 aliphatic rings. The van der Waals surface area contributed by atoms with Gasteiger partial charge in [-0.3, -0.25) is 9.59 Å². The van der Waals surface area contributed by atoms with E-state index >= 15 is 0 Å². The van der Waals surface area contributed by atoms with E-state index in [1.54, 1.807) is 0 Å². The normalized spacial score (nSPS) is 11.1. The lowest BCUT2D eigenvalue weighted by Crippen LogP contribution is -2.45. The van der Waals surface area contributed by atoms with Crippen molar-refractivity contribution in [3.63, 3.8) is 0 Å². The Balaban J connectivity index is 2.85. The van der Waals surface area contributed by atoms with Gasteiger partial charge < -0.3 is 15.5 Å². The number of phenols is 1. The van der Waals surface area contributed by atoms with Crippen LogP contribution in [-0.4, -0.2) is 27.6 Å². The fourth-order valence-electron chi connectivity index (χ4n) is 1.49. The lowest BCUT2D eigenvalue weighted by Gasteiger charge is -2.24. The quantitative estimate of drug-likeness (QED) is 0.761. The number of phenolic OH excluding ortho intramolecular Hbond substituents is 1. The predicted octanol–water partition coefficient (Wildman–Crippen LogP) is 1.51. The molecule has 98 valence electrons.